The first-order chi connectivity index (χ1) is 8.83. The second-order valence-corrected chi connectivity index (χ2v) is 5.60. The molecular formula is C14H23N3O. The van der Waals surface area contributed by atoms with E-state index in [-0.39, 0.29) is 6.10 Å². The number of ether oxygens (including phenoxy) is 1. The molecule has 1 saturated carbocycles. The Balaban J connectivity index is 1.64. The summed E-state index contributed by atoms with van der Waals surface area (Å²) in [6.45, 7) is 4.96. The summed E-state index contributed by atoms with van der Waals surface area (Å²) >= 11 is 0. The molecule has 4 nitrogen and oxygen atoms in total. The minimum absolute atomic E-state index is 0.134. The molecule has 1 atom stereocenters. The summed E-state index contributed by atoms with van der Waals surface area (Å²) in [7, 11) is 0. The Bertz CT molecular complexity index is 384. The maximum atomic E-state index is 5.86. The molecule has 4 heteroatoms. The molecule has 1 saturated heterocycles. The van der Waals surface area contributed by atoms with Crippen molar-refractivity contribution in [3.63, 3.8) is 0 Å². The first kappa shape index (κ1) is 12.2. The van der Waals surface area contributed by atoms with Crippen LogP contribution in [0.1, 0.15) is 49.7 Å². The van der Waals surface area contributed by atoms with Crippen molar-refractivity contribution in [2.24, 2.45) is 0 Å². The van der Waals surface area contributed by atoms with E-state index in [9.17, 15) is 0 Å². The lowest BCUT2D eigenvalue weighted by molar-refractivity contribution is -0.0533. The Morgan fingerprint density at radius 1 is 1.33 bits per heavy atom. The molecule has 2 aliphatic rings. The van der Waals surface area contributed by atoms with Gasteiger partial charge in [0.1, 0.15) is 11.9 Å². The van der Waals surface area contributed by atoms with Gasteiger partial charge in [-0.2, -0.15) is 0 Å². The molecule has 0 radical (unpaired) electrons. The molecule has 0 bridgehead atoms. The van der Waals surface area contributed by atoms with E-state index >= 15 is 0 Å². The topological polar surface area (TPSA) is 41.2 Å². The molecule has 0 amide bonds. The fourth-order valence-electron chi connectivity index (χ4n) is 3.21. The number of imidazole rings is 1. The lowest BCUT2D eigenvalue weighted by Crippen LogP contribution is -2.45. The van der Waals surface area contributed by atoms with E-state index in [0.29, 0.717) is 0 Å². The average molecular weight is 249 g/mol. The molecule has 1 aliphatic heterocycles. The smallest absolute Gasteiger partial charge is 0.136 e. The average Bonchev–Trinajstić information content (AvgIpc) is 2.87. The van der Waals surface area contributed by atoms with Crippen molar-refractivity contribution in [1.82, 2.24) is 14.9 Å². The third-order valence-corrected chi connectivity index (χ3v) is 4.22. The normalized spacial score (nSPS) is 27.5. The van der Waals surface area contributed by atoms with Gasteiger partial charge in [0, 0.05) is 31.0 Å². The van der Waals surface area contributed by atoms with Crippen LogP contribution in [-0.2, 0) is 4.74 Å². The van der Waals surface area contributed by atoms with Crippen molar-refractivity contribution in [1.29, 1.82) is 0 Å². The lowest BCUT2D eigenvalue weighted by Gasteiger charge is -2.39. The van der Waals surface area contributed by atoms with E-state index in [4.69, 9.17) is 4.74 Å². The predicted molar refractivity (Wildman–Crippen MR) is 70.5 cm³/mol. The van der Waals surface area contributed by atoms with Gasteiger partial charge < -0.3 is 9.72 Å². The zero-order valence-corrected chi connectivity index (χ0v) is 11.2. The first-order valence-electron chi connectivity index (χ1n) is 7.20. The zero-order chi connectivity index (χ0) is 12.4. The molecule has 0 aromatic carbocycles. The van der Waals surface area contributed by atoms with Crippen LogP contribution in [0.5, 0.6) is 0 Å². The van der Waals surface area contributed by atoms with Crippen LogP contribution in [0, 0.1) is 6.92 Å². The van der Waals surface area contributed by atoms with Crippen LogP contribution in [0.2, 0.25) is 0 Å². The highest BCUT2D eigenvalue weighted by Crippen LogP contribution is 2.27. The second kappa shape index (κ2) is 5.41. The first-order valence-corrected chi connectivity index (χ1v) is 7.20. The van der Waals surface area contributed by atoms with Crippen LogP contribution in [0.3, 0.4) is 0 Å². The molecule has 18 heavy (non-hydrogen) atoms. The summed E-state index contributed by atoms with van der Waals surface area (Å²) in [5.41, 5.74) is 1.11. The van der Waals surface area contributed by atoms with Crippen molar-refractivity contribution in [2.75, 3.05) is 19.7 Å². The summed E-state index contributed by atoms with van der Waals surface area (Å²) in [5, 5.41) is 0. The maximum absolute atomic E-state index is 5.86. The number of nitrogens with one attached hydrogen (secondary N) is 1. The molecule has 1 aliphatic carbocycles. The van der Waals surface area contributed by atoms with E-state index < -0.39 is 0 Å². The Labute approximate surface area is 109 Å². The monoisotopic (exact) mass is 249 g/mol. The van der Waals surface area contributed by atoms with Crippen LogP contribution in [-0.4, -0.2) is 40.6 Å². The number of H-pyrrole nitrogens is 1. The Hall–Kier alpha value is -0.870. The van der Waals surface area contributed by atoms with Gasteiger partial charge >= 0.3 is 0 Å². The Kier molecular flexibility index (Phi) is 3.66. The molecule has 1 unspecified atom stereocenters. The maximum Gasteiger partial charge on any atom is 0.136 e. The summed E-state index contributed by atoms with van der Waals surface area (Å²) in [6.07, 6.45) is 8.96. The molecule has 1 aromatic heterocycles. The number of aryl methyl sites for hydroxylation is 1. The van der Waals surface area contributed by atoms with Gasteiger partial charge in [0.05, 0.1) is 6.61 Å². The van der Waals surface area contributed by atoms with Gasteiger partial charge in [-0.25, -0.2) is 4.98 Å². The Morgan fingerprint density at radius 3 is 2.89 bits per heavy atom. The summed E-state index contributed by atoms with van der Waals surface area (Å²) in [6, 6.07) is 0.779. The molecular weight excluding hydrogens is 226 g/mol. The minimum atomic E-state index is 0.134. The van der Waals surface area contributed by atoms with Gasteiger partial charge in [-0.05, 0) is 19.8 Å². The standard InChI is InChI=1S/C14H23N3O/c1-11-9-15-14(16-11)13-10-17(7-8-18-13)12-5-3-2-4-6-12/h9,12-13H,2-8,10H2,1H3,(H,15,16). The summed E-state index contributed by atoms with van der Waals surface area (Å²) < 4.78 is 5.86. The second-order valence-electron chi connectivity index (χ2n) is 5.60. The van der Waals surface area contributed by atoms with Crippen molar-refractivity contribution in [3.05, 3.63) is 17.7 Å². The van der Waals surface area contributed by atoms with Crippen molar-refractivity contribution in [3.8, 4) is 0 Å². The zero-order valence-electron chi connectivity index (χ0n) is 11.2. The largest absolute Gasteiger partial charge is 0.368 e. The third kappa shape index (κ3) is 2.59. The number of hydrogen-bond donors (Lipinski definition) is 1. The van der Waals surface area contributed by atoms with Gasteiger partial charge in [-0.3, -0.25) is 4.90 Å². The van der Waals surface area contributed by atoms with Gasteiger partial charge in [0.2, 0.25) is 0 Å². The van der Waals surface area contributed by atoms with Crippen LogP contribution >= 0.6 is 0 Å². The number of morpholine rings is 1. The SMILES string of the molecule is Cc1cnc(C2CN(C3CCCCC3)CCO2)[nH]1. The van der Waals surface area contributed by atoms with Crippen LogP contribution < -0.4 is 0 Å². The third-order valence-electron chi connectivity index (χ3n) is 4.22. The summed E-state index contributed by atoms with van der Waals surface area (Å²) in [5.74, 6) is 0.994. The highest BCUT2D eigenvalue weighted by Gasteiger charge is 2.29. The molecule has 2 heterocycles. The van der Waals surface area contributed by atoms with Gasteiger partial charge in [0.25, 0.3) is 0 Å². The van der Waals surface area contributed by atoms with E-state index in [2.05, 4.69) is 14.9 Å². The molecule has 1 N–H and O–H groups in total. The Morgan fingerprint density at radius 2 is 2.17 bits per heavy atom. The summed E-state index contributed by atoms with van der Waals surface area (Å²) in [4.78, 5) is 10.3. The number of nitrogens with zero attached hydrogens (tertiary/aromatic N) is 2. The number of aromatic nitrogens is 2. The quantitative estimate of drug-likeness (QED) is 0.875. The van der Waals surface area contributed by atoms with Gasteiger partial charge in [-0.1, -0.05) is 19.3 Å². The van der Waals surface area contributed by atoms with E-state index in [1.165, 1.54) is 32.1 Å². The van der Waals surface area contributed by atoms with Gasteiger partial charge in [0.15, 0.2) is 0 Å². The molecule has 100 valence electrons. The molecule has 3 rings (SSSR count). The molecule has 1 aromatic rings. The number of aromatic amines is 1. The fraction of sp³-hybridized carbons (Fsp3) is 0.786. The number of hydrogen-bond acceptors (Lipinski definition) is 3. The molecule has 2 fully saturated rings. The lowest BCUT2D eigenvalue weighted by atomic mass is 9.93. The van der Waals surface area contributed by atoms with Crippen molar-refractivity contribution in [2.45, 2.75) is 51.2 Å². The van der Waals surface area contributed by atoms with Crippen LogP contribution in [0.25, 0.3) is 0 Å². The van der Waals surface area contributed by atoms with E-state index in [1.807, 2.05) is 13.1 Å². The van der Waals surface area contributed by atoms with E-state index in [1.54, 1.807) is 0 Å². The van der Waals surface area contributed by atoms with Crippen molar-refractivity contribution < 1.29 is 4.74 Å². The molecule has 0 spiro atoms. The highest BCUT2D eigenvalue weighted by molar-refractivity contribution is 5.03. The van der Waals surface area contributed by atoms with Crippen molar-refractivity contribution >= 4 is 0 Å². The highest BCUT2D eigenvalue weighted by atomic mass is 16.5. The van der Waals surface area contributed by atoms with Gasteiger partial charge in [-0.15, -0.1) is 0 Å². The predicted octanol–water partition coefficient (Wildman–Crippen LogP) is 2.42. The van der Waals surface area contributed by atoms with E-state index in [0.717, 1.165) is 37.3 Å². The van der Waals surface area contributed by atoms with Crippen LogP contribution in [0.4, 0.5) is 0 Å². The fourth-order valence-corrected chi connectivity index (χ4v) is 3.21. The number of rotatable bonds is 2. The van der Waals surface area contributed by atoms with Crippen LogP contribution in [0.15, 0.2) is 6.20 Å². The minimum Gasteiger partial charge on any atom is -0.368 e.